The van der Waals surface area contributed by atoms with E-state index >= 15 is 0 Å². The number of alkyl halides is 1. The molecule has 0 bridgehead atoms. The molecular weight excluding hydrogens is 348 g/mol. The number of benzene rings is 3. The predicted molar refractivity (Wildman–Crippen MR) is 99.4 cm³/mol. The molecule has 0 fully saturated rings. The summed E-state index contributed by atoms with van der Waals surface area (Å²) in [6, 6.07) is 26.6. The van der Waals surface area contributed by atoms with Crippen molar-refractivity contribution < 1.29 is 5.11 Å². The van der Waals surface area contributed by atoms with Gasteiger partial charge >= 0.3 is 0 Å². The molecule has 0 saturated heterocycles. The van der Waals surface area contributed by atoms with E-state index in [9.17, 15) is 5.11 Å². The van der Waals surface area contributed by atoms with Crippen molar-refractivity contribution in [3.63, 3.8) is 0 Å². The number of phenolic OH excluding ortho intramolecular Hbond substituents is 1. The van der Waals surface area contributed by atoms with Gasteiger partial charge in [0, 0.05) is 16.8 Å². The lowest BCUT2D eigenvalue weighted by Crippen LogP contribution is -2.04. The molecular formula is C21H19BrO. The van der Waals surface area contributed by atoms with Crippen molar-refractivity contribution in [2.24, 2.45) is 0 Å². The first-order valence-electron chi connectivity index (χ1n) is 7.77. The van der Waals surface area contributed by atoms with E-state index in [0.717, 1.165) is 17.3 Å². The van der Waals surface area contributed by atoms with E-state index in [2.05, 4.69) is 46.3 Å². The molecule has 0 unspecified atom stereocenters. The van der Waals surface area contributed by atoms with E-state index in [0.29, 0.717) is 5.75 Å². The quantitative estimate of drug-likeness (QED) is 0.466. The van der Waals surface area contributed by atoms with Gasteiger partial charge in [-0.05, 0) is 29.2 Å². The Morgan fingerprint density at radius 2 is 1.35 bits per heavy atom. The first-order valence-corrected chi connectivity index (χ1v) is 8.89. The van der Waals surface area contributed by atoms with Gasteiger partial charge in [0.1, 0.15) is 5.75 Å². The second kappa shape index (κ2) is 7.47. The summed E-state index contributed by atoms with van der Waals surface area (Å²) in [5.74, 6) is 0.383. The van der Waals surface area contributed by atoms with Gasteiger partial charge in [-0.3, -0.25) is 0 Å². The van der Waals surface area contributed by atoms with E-state index in [4.69, 9.17) is 0 Å². The van der Waals surface area contributed by atoms with Crippen LogP contribution in [0, 0.1) is 0 Å². The van der Waals surface area contributed by atoms with Crippen molar-refractivity contribution in [1.29, 1.82) is 0 Å². The molecule has 1 N–H and O–H groups in total. The van der Waals surface area contributed by atoms with Gasteiger partial charge in [-0.1, -0.05) is 88.7 Å². The Bertz CT molecular complexity index is 714. The summed E-state index contributed by atoms with van der Waals surface area (Å²) in [7, 11) is 0. The second-order valence-corrected chi connectivity index (χ2v) is 6.38. The third-order valence-corrected chi connectivity index (χ3v) is 4.45. The Morgan fingerprint density at radius 1 is 0.783 bits per heavy atom. The minimum absolute atomic E-state index is 0.0349. The van der Waals surface area contributed by atoms with Gasteiger partial charge in [-0.2, -0.15) is 0 Å². The van der Waals surface area contributed by atoms with Crippen LogP contribution in [0.15, 0.2) is 78.9 Å². The summed E-state index contributed by atoms with van der Waals surface area (Å²) in [5.41, 5.74) is 4.56. The van der Waals surface area contributed by atoms with Gasteiger partial charge in [0.25, 0.3) is 0 Å². The maximum atomic E-state index is 10.5. The maximum absolute atomic E-state index is 10.5. The van der Waals surface area contributed by atoms with Crippen molar-refractivity contribution in [2.75, 3.05) is 5.33 Å². The number of aryl methyl sites for hydroxylation is 1. The summed E-state index contributed by atoms with van der Waals surface area (Å²) in [6.45, 7) is 0. The molecule has 3 aromatic rings. The first-order chi connectivity index (χ1) is 11.3. The average molecular weight is 367 g/mol. The van der Waals surface area contributed by atoms with Crippen LogP contribution in [0.25, 0.3) is 0 Å². The van der Waals surface area contributed by atoms with Crippen molar-refractivity contribution >= 4 is 15.9 Å². The number of hydrogen-bond acceptors (Lipinski definition) is 1. The average Bonchev–Trinajstić information content (AvgIpc) is 2.60. The minimum atomic E-state index is 0.0349. The smallest absolute Gasteiger partial charge is 0.119 e. The summed E-state index contributed by atoms with van der Waals surface area (Å²) >= 11 is 3.49. The summed E-state index contributed by atoms with van der Waals surface area (Å²) in [4.78, 5) is 0. The van der Waals surface area contributed by atoms with Crippen LogP contribution in [0.4, 0.5) is 0 Å². The highest BCUT2D eigenvalue weighted by atomic mass is 79.9. The summed E-state index contributed by atoms with van der Waals surface area (Å²) in [5, 5.41) is 11.4. The van der Waals surface area contributed by atoms with Crippen LogP contribution in [0.1, 0.15) is 28.2 Å². The predicted octanol–water partition coefficient (Wildman–Crippen LogP) is 5.51. The van der Waals surface area contributed by atoms with Gasteiger partial charge in [-0.15, -0.1) is 0 Å². The minimum Gasteiger partial charge on any atom is -0.508 e. The van der Waals surface area contributed by atoms with Crippen LogP contribution in [0.3, 0.4) is 0 Å². The van der Waals surface area contributed by atoms with E-state index in [1.165, 1.54) is 16.7 Å². The summed E-state index contributed by atoms with van der Waals surface area (Å²) in [6.07, 6.45) is 0.948. The van der Waals surface area contributed by atoms with Crippen LogP contribution in [0.5, 0.6) is 5.75 Å². The van der Waals surface area contributed by atoms with Crippen molar-refractivity contribution in [2.45, 2.75) is 12.3 Å². The fourth-order valence-electron chi connectivity index (χ4n) is 2.94. The maximum Gasteiger partial charge on any atom is 0.119 e. The third kappa shape index (κ3) is 3.65. The van der Waals surface area contributed by atoms with Crippen LogP contribution in [0.2, 0.25) is 0 Å². The molecule has 2 heteroatoms. The van der Waals surface area contributed by atoms with Crippen molar-refractivity contribution in [3.8, 4) is 5.75 Å². The molecule has 23 heavy (non-hydrogen) atoms. The lowest BCUT2D eigenvalue weighted by atomic mass is 9.84. The van der Waals surface area contributed by atoms with Crippen molar-refractivity contribution in [3.05, 3.63) is 101 Å². The Labute approximate surface area is 145 Å². The van der Waals surface area contributed by atoms with Crippen LogP contribution < -0.4 is 0 Å². The summed E-state index contributed by atoms with van der Waals surface area (Å²) < 4.78 is 0. The number of hydrogen-bond donors (Lipinski definition) is 1. The number of rotatable bonds is 5. The van der Waals surface area contributed by atoms with E-state index < -0.39 is 0 Å². The van der Waals surface area contributed by atoms with Gasteiger partial charge in [0.2, 0.25) is 0 Å². The molecule has 3 aromatic carbocycles. The molecule has 0 heterocycles. The monoisotopic (exact) mass is 366 g/mol. The molecule has 0 aliphatic heterocycles. The fraction of sp³-hybridized carbons (Fsp3) is 0.143. The number of aromatic hydroxyl groups is 1. The lowest BCUT2D eigenvalue weighted by Gasteiger charge is -2.20. The molecule has 0 aromatic heterocycles. The van der Waals surface area contributed by atoms with Crippen LogP contribution in [-0.2, 0) is 6.42 Å². The third-order valence-electron chi connectivity index (χ3n) is 4.05. The Balaban J connectivity index is 2.15. The molecule has 0 aliphatic carbocycles. The Hall–Kier alpha value is -2.06. The SMILES string of the molecule is Oc1ccc(CCBr)cc1C(c1ccccc1)c1ccccc1. The molecule has 0 atom stereocenters. The molecule has 116 valence electrons. The van der Waals surface area contributed by atoms with Gasteiger partial charge in [-0.25, -0.2) is 0 Å². The molecule has 0 saturated carbocycles. The van der Waals surface area contributed by atoms with Crippen LogP contribution in [-0.4, -0.2) is 10.4 Å². The molecule has 3 rings (SSSR count). The molecule has 0 aliphatic rings. The molecule has 1 nitrogen and oxygen atoms in total. The Morgan fingerprint density at radius 3 is 1.87 bits per heavy atom. The largest absolute Gasteiger partial charge is 0.508 e. The number of phenols is 1. The molecule has 0 spiro atoms. The molecule has 0 amide bonds. The second-order valence-electron chi connectivity index (χ2n) is 5.59. The highest BCUT2D eigenvalue weighted by Gasteiger charge is 2.20. The van der Waals surface area contributed by atoms with Gasteiger partial charge in [0.15, 0.2) is 0 Å². The zero-order valence-corrected chi connectivity index (χ0v) is 14.4. The highest BCUT2D eigenvalue weighted by Crippen LogP contribution is 2.37. The van der Waals surface area contributed by atoms with E-state index in [1.807, 2.05) is 48.5 Å². The lowest BCUT2D eigenvalue weighted by molar-refractivity contribution is 0.467. The van der Waals surface area contributed by atoms with Crippen LogP contribution >= 0.6 is 15.9 Å². The van der Waals surface area contributed by atoms with Gasteiger partial charge < -0.3 is 5.11 Å². The zero-order chi connectivity index (χ0) is 16.1. The standard InChI is InChI=1S/C21H19BrO/c22-14-13-16-11-12-20(23)19(15-16)21(17-7-3-1-4-8-17)18-9-5-2-6-10-18/h1-12,15,21,23H,13-14H2. The fourth-order valence-corrected chi connectivity index (χ4v) is 3.40. The molecule has 0 radical (unpaired) electrons. The highest BCUT2D eigenvalue weighted by molar-refractivity contribution is 9.09. The normalized spacial score (nSPS) is 10.9. The first kappa shape index (κ1) is 15.8. The topological polar surface area (TPSA) is 20.2 Å². The number of halogens is 1. The van der Waals surface area contributed by atoms with Crippen molar-refractivity contribution in [1.82, 2.24) is 0 Å². The van der Waals surface area contributed by atoms with E-state index in [1.54, 1.807) is 0 Å². The zero-order valence-electron chi connectivity index (χ0n) is 12.8. The Kier molecular flexibility index (Phi) is 5.14. The van der Waals surface area contributed by atoms with E-state index in [-0.39, 0.29) is 5.92 Å². The van der Waals surface area contributed by atoms with Gasteiger partial charge in [0.05, 0.1) is 0 Å².